The molecule has 1 aromatic heterocycles. The van der Waals surface area contributed by atoms with Gasteiger partial charge in [0, 0.05) is 11.4 Å². The number of esters is 1. The van der Waals surface area contributed by atoms with Crippen LogP contribution in [-0.2, 0) is 17.6 Å². The highest BCUT2D eigenvalue weighted by molar-refractivity contribution is 7.80. The van der Waals surface area contributed by atoms with Gasteiger partial charge in [-0.25, -0.2) is 4.79 Å². The summed E-state index contributed by atoms with van der Waals surface area (Å²) in [5.74, 6) is -0.278. The van der Waals surface area contributed by atoms with Crippen molar-refractivity contribution in [1.29, 1.82) is 0 Å². The third kappa shape index (κ3) is 3.06. The number of hydrogen-bond acceptors (Lipinski definition) is 4. The van der Waals surface area contributed by atoms with Crippen LogP contribution in [0.5, 0.6) is 0 Å². The maximum atomic E-state index is 11.9. The zero-order valence-electron chi connectivity index (χ0n) is 11.2. The van der Waals surface area contributed by atoms with E-state index in [-0.39, 0.29) is 5.97 Å². The minimum atomic E-state index is -0.278. The van der Waals surface area contributed by atoms with Crippen molar-refractivity contribution >= 4 is 39.6 Å². The van der Waals surface area contributed by atoms with Gasteiger partial charge in [0.05, 0.1) is 12.7 Å². The first kappa shape index (κ1) is 14.3. The number of thiocarbonyl (C=S) groups is 1. The van der Waals surface area contributed by atoms with Gasteiger partial charge < -0.3 is 15.4 Å². The van der Waals surface area contributed by atoms with E-state index in [4.69, 9.17) is 17.0 Å². The Morgan fingerprint density at radius 1 is 1.47 bits per heavy atom. The number of hydrogen-bond donors (Lipinski definition) is 2. The quantitative estimate of drug-likeness (QED) is 0.661. The van der Waals surface area contributed by atoms with Gasteiger partial charge >= 0.3 is 5.97 Å². The molecule has 2 N–H and O–H groups in total. The molecule has 1 aliphatic rings. The van der Waals surface area contributed by atoms with Crippen molar-refractivity contribution in [3.8, 4) is 0 Å². The SMILES string of the molecule is CCCNC(=S)Nc1sc2c(c1C(=O)OC)CCC2. The van der Waals surface area contributed by atoms with Gasteiger partial charge in [-0.2, -0.15) is 0 Å². The minimum Gasteiger partial charge on any atom is -0.465 e. The summed E-state index contributed by atoms with van der Waals surface area (Å²) in [6.45, 7) is 2.90. The fourth-order valence-electron chi connectivity index (χ4n) is 2.20. The first-order chi connectivity index (χ1) is 9.17. The number of fused-ring (bicyclic) bond motifs is 1. The van der Waals surface area contributed by atoms with Crippen molar-refractivity contribution in [2.45, 2.75) is 32.6 Å². The second-order valence-electron chi connectivity index (χ2n) is 4.43. The van der Waals surface area contributed by atoms with Crippen molar-refractivity contribution in [3.63, 3.8) is 0 Å². The summed E-state index contributed by atoms with van der Waals surface area (Å²) in [6.07, 6.45) is 4.12. The van der Waals surface area contributed by atoms with Gasteiger partial charge in [0.2, 0.25) is 0 Å². The Hall–Kier alpha value is -1.14. The van der Waals surface area contributed by atoms with Crippen LogP contribution in [0.25, 0.3) is 0 Å². The summed E-state index contributed by atoms with van der Waals surface area (Å²) in [4.78, 5) is 13.2. The molecule has 2 rings (SSSR count). The minimum absolute atomic E-state index is 0.278. The molecule has 0 bridgehead atoms. The topological polar surface area (TPSA) is 50.4 Å². The van der Waals surface area contributed by atoms with Crippen LogP contribution in [0.2, 0.25) is 0 Å². The van der Waals surface area contributed by atoms with Crippen LogP contribution in [0.3, 0.4) is 0 Å². The van der Waals surface area contributed by atoms with Gasteiger partial charge in [0.25, 0.3) is 0 Å². The number of carbonyl (C=O) groups excluding carboxylic acids is 1. The average molecular weight is 298 g/mol. The molecule has 0 atom stereocenters. The van der Waals surface area contributed by atoms with Gasteiger partial charge in [0.1, 0.15) is 5.00 Å². The molecule has 0 aromatic carbocycles. The van der Waals surface area contributed by atoms with E-state index in [0.717, 1.165) is 42.8 Å². The summed E-state index contributed by atoms with van der Waals surface area (Å²) in [5.41, 5.74) is 1.80. The predicted octanol–water partition coefficient (Wildman–Crippen LogP) is 2.72. The normalized spacial score (nSPS) is 12.9. The van der Waals surface area contributed by atoms with Gasteiger partial charge in [0.15, 0.2) is 5.11 Å². The number of nitrogens with one attached hydrogen (secondary N) is 2. The fourth-order valence-corrected chi connectivity index (χ4v) is 3.75. The van der Waals surface area contributed by atoms with Gasteiger partial charge in [-0.3, -0.25) is 0 Å². The van der Waals surface area contributed by atoms with E-state index in [2.05, 4.69) is 17.6 Å². The van der Waals surface area contributed by atoms with E-state index in [0.29, 0.717) is 10.7 Å². The summed E-state index contributed by atoms with van der Waals surface area (Å²) in [7, 11) is 1.42. The first-order valence-corrected chi connectivity index (χ1v) is 7.67. The van der Waals surface area contributed by atoms with Crippen LogP contribution in [0.15, 0.2) is 0 Å². The Kier molecular flexibility index (Phi) is 4.76. The Labute approximate surface area is 122 Å². The second kappa shape index (κ2) is 6.34. The molecule has 0 saturated carbocycles. The van der Waals surface area contributed by atoms with E-state index >= 15 is 0 Å². The van der Waals surface area contributed by atoms with Crippen LogP contribution < -0.4 is 10.6 Å². The number of aryl methyl sites for hydroxylation is 1. The van der Waals surface area contributed by atoms with E-state index < -0.39 is 0 Å². The fraction of sp³-hybridized carbons (Fsp3) is 0.538. The molecule has 0 fully saturated rings. The third-order valence-corrected chi connectivity index (χ3v) is 4.53. The molecule has 4 nitrogen and oxygen atoms in total. The number of methoxy groups -OCH3 is 1. The molecule has 104 valence electrons. The standard InChI is InChI=1S/C13H18N2O2S2/c1-3-7-14-13(18)15-11-10(12(16)17-2)8-5-4-6-9(8)19-11/h3-7H2,1-2H3,(H2,14,15,18). The van der Waals surface area contributed by atoms with E-state index in [1.165, 1.54) is 12.0 Å². The predicted molar refractivity (Wildman–Crippen MR) is 82.2 cm³/mol. The molecule has 1 aromatic rings. The van der Waals surface area contributed by atoms with Gasteiger partial charge in [-0.1, -0.05) is 6.92 Å². The Balaban J connectivity index is 2.20. The first-order valence-electron chi connectivity index (χ1n) is 6.45. The number of carbonyl (C=O) groups is 1. The smallest absolute Gasteiger partial charge is 0.341 e. The van der Waals surface area contributed by atoms with Crippen LogP contribution in [-0.4, -0.2) is 24.7 Å². The molecule has 0 saturated heterocycles. The average Bonchev–Trinajstić information content (AvgIpc) is 2.95. The molecule has 0 spiro atoms. The molecular weight excluding hydrogens is 280 g/mol. The Morgan fingerprint density at radius 2 is 2.26 bits per heavy atom. The lowest BCUT2D eigenvalue weighted by atomic mass is 10.1. The highest BCUT2D eigenvalue weighted by Crippen LogP contribution is 2.39. The lowest BCUT2D eigenvalue weighted by Crippen LogP contribution is -2.29. The number of ether oxygens (including phenoxy) is 1. The van der Waals surface area contributed by atoms with Crippen LogP contribution >= 0.6 is 23.6 Å². The molecule has 19 heavy (non-hydrogen) atoms. The molecule has 0 radical (unpaired) electrons. The number of thiophene rings is 1. The van der Waals surface area contributed by atoms with E-state index in [1.807, 2.05) is 0 Å². The number of rotatable bonds is 4. The zero-order chi connectivity index (χ0) is 13.8. The van der Waals surface area contributed by atoms with E-state index in [9.17, 15) is 4.79 Å². The molecule has 1 aliphatic carbocycles. The Bertz CT molecular complexity index is 497. The highest BCUT2D eigenvalue weighted by atomic mass is 32.1. The molecule has 0 aliphatic heterocycles. The van der Waals surface area contributed by atoms with Crippen molar-refractivity contribution in [2.24, 2.45) is 0 Å². The highest BCUT2D eigenvalue weighted by Gasteiger charge is 2.27. The lowest BCUT2D eigenvalue weighted by Gasteiger charge is -2.10. The van der Waals surface area contributed by atoms with E-state index in [1.54, 1.807) is 11.3 Å². The molecule has 1 heterocycles. The maximum absolute atomic E-state index is 11.9. The summed E-state index contributed by atoms with van der Waals surface area (Å²) < 4.78 is 4.89. The monoisotopic (exact) mass is 298 g/mol. The molecular formula is C13H18N2O2S2. The van der Waals surface area contributed by atoms with Crippen molar-refractivity contribution < 1.29 is 9.53 Å². The molecule has 0 amide bonds. The van der Waals surface area contributed by atoms with Crippen LogP contribution in [0.4, 0.5) is 5.00 Å². The summed E-state index contributed by atoms with van der Waals surface area (Å²) in [6, 6.07) is 0. The van der Waals surface area contributed by atoms with Crippen LogP contribution in [0.1, 0.15) is 40.6 Å². The molecule has 0 unspecified atom stereocenters. The third-order valence-electron chi connectivity index (χ3n) is 3.07. The van der Waals surface area contributed by atoms with Crippen molar-refractivity contribution in [2.75, 3.05) is 19.0 Å². The zero-order valence-corrected chi connectivity index (χ0v) is 12.8. The summed E-state index contributed by atoms with van der Waals surface area (Å²) >= 11 is 6.84. The second-order valence-corrected chi connectivity index (χ2v) is 5.95. The lowest BCUT2D eigenvalue weighted by molar-refractivity contribution is 0.0601. The Morgan fingerprint density at radius 3 is 2.95 bits per heavy atom. The molecule has 6 heteroatoms. The van der Waals surface area contributed by atoms with Gasteiger partial charge in [-0.05, 0) is 43.5 Å². The van der Waals surface area contributed by atoms with Gasteiger partial charge in [-0.15, -0.1) is 11.3 Å². The van der Waals surface area contributed by atoms with Crippen LogP contribution in [0, 0.1) is 0 Å². The van der Waals surface area contributed by atoms with Crippen molar-refractivity contribution in [1.82, 2.24) is 5.32 Å². The summed E-state index contributed by atoms with van der Waals surface area (Å²) in [5, 5.41) is 7.60. The van der Waals surface area contributed by atoms with Crippen molar-refractivity contribution in [3.05, 3.63) is 16.0 Å². The maximum Gasteiger partial charge on any atom is 0.341 e. The largest absolute Gasteiger partial charge is 0.465 e. The number of anilines is 1.